The Morgan fingerprint density at radius 2 is 1.55 bits per heavy atom. The highest BCUT2D eigenvalue weighted by atomic mass is 16.5. The summed E-state index contributed by atoms with van der Waals surface area (Å²) in [6.45, 7) is 6.76. The Morgan fingerprint density at radius 1 is 0.974 bits per heavy atom. The zero-order chi connectivity index (χ0) is 27.2. The first kappa shape index (κ1) is 27.4. The van der Waals surface area contributed by atoms with E-state index in [0.29, 0.717) is 24.3 Å². The predicted octanol–water partition coefficient (Wildman–Crippen LogP) is 4.83. The van der Waals surface area contributed by atoms with Gasteiger partial charge in [-0.1, -0.05) is 50.2 Å². The molecule has 7 heteroatoms. The summed E-state index contributed by atoms with van der Waals surface area (Å²) in [5.41, 5.74) is 4.32. The first-order chi connectivity index (χ1) is 18.5. The second kappa shape index (κ2) is 12.2. The lowest BCUT2D eigenvalue weighted by atomic mass is 9.94. The normalized spacial score (nSPS) is 18.1. The number of allylic oxidation sites excluding steroid dienone is 1. The van der Waals surface area contributed by atoms with Crippen LogP contribution in [0.15, 0.2) is 60.9 Å². The summed E-state index contributed by atoms with van der Waals surface area (Å²) in [4.78, 5) is 28.2. The highest BCUT2D eigenvalue weighted by Gasteiger charge is 2.25. The van der Waals surface area contributed by atoms with Crippen LogP contribution in [0.3, 0.4) is 0 Å². The molecule has 0 saturated heterocycles. The highest BCUT2D eigenvalue weighted by Crippen LogP contribution is 2.36. The molecule has 2 aromatic heterocycles. The Hall–Kier alpha value is -3.68. The van der Waals surface area contributed by atoms with E-state index in [9.17, 15) is 9.59 Å². The van der Waals surface area contributed by atoms with Gasteiger partial charge in [-0.15, -0.1) is 0 Å². The van der Waals surface area contributed by atoms with Gasteiger partial charge in [0.15, 0.2) is 6.29 Å². The van der Waals surface area contributed by atoms with Crippen LogP contribution >= 0.6 is 0 Å². The molecule has 4 bridgehead atoms. The van der Waals surface area contributed by atoms with E-state index in [4.69, 9.17) is 4.74 Å². The van der Waals surface area contributed by atoms with Gasteiger partial charge in [0.2, 0.25) is 0 Å². The zero-order valence-electron chi connectivity index (χ0n) is 23.0. The van der Waals surface area contributed by atoms with E-state index in [1.54, 1.807) is 7.05 Å². The molecular formula is C31H38N4O3. The standard InChI is InChI=1S/C29H32N4O3.C2H6/c1-30-29(35)28-24-18-32(27-11-7-5-9-22(24)27)13-12-20(16-31(2)3)36-15-14-33-17-23(25(28)19-34)21-8-4-6-10-26(21)33;1-2/h4-11,17-20H,12-16H2,1-3H3,(H,30,35);1-2H3/b28-25+;. The number of likely N-dealkylation sites (N-methyl/N-ethyl adjacent to an activating group) is 2. The quantitative estimate of drug-likeness (QED) is 0.396. The van der Waals surface area contributed by atoms with E-state index >= 15 is 0 Å². The fourth-order valence-electron chi connectivity index (χ4n) is 5.28. The van der Waals surface area contributed by atoms with E-state index in [-0.39, 0.29) is 12.0 Å². The second-order valence-electron chi connectivity index (χ2n) is 9.54. The maximum absolute atomic E-state index is 13.4. The maximum atomic E-state index is 13.4. The predicted molar refractivity (Wildman–Crippen MR) is 155 cm³/mol. The van der Waals surface area contributed by atoms with Gasteiger partial charge < -0.3 is 24.1 Å². The Morgan fingerprint density at radius 3 is 2.16 bits per heavy atom. The smallest absolute Gasteiger partial charge is 0.252 e. The number of benzene rings is 2. The molecule has 0 aliphatic carbocycles. The van der Waals surface area contributed by atoms with Crippen LogP contribution in [0.4, 0.5) is 0 Å². The van der Waals surface area contributed by atoms with E-state index in [2.05, 4.69) is 39.5 Å². The Labute approximate surface area is 224 Å². The van der Waals surface area contributed by atoms with E-state index in [1.165, 1.54) is 0 Å². The lowest BCUT2D eigenvalue weighted by molar-refractivity contribution is -0.115. The number of aryl methyl sites for hydroxylation is 1. The molecule has 1 N–H and O–H groups in total. The summed E-state index contributed by atoms with van der Waals surface area (Å²) in [7, 11) is 5.73. The fourth-order valence-corrected chi connectivity index (χ4v) is 5.28. The van der Waals surface area contributed by atoms with Crippen LogP contribution in [-0.2, 0) is 27.4 Å². The highest BCUT2D eigenvalue weighted by molar-refractivity contribution is 6.38. The molecule has 0 saturated carbocycles. The van der Waals surface area contributed by atoms with Crippen molar-refractivity contribution in [2.45, 2.75) is 39.5 Å². The van der Waals surface area contributed by atoms with Crippen molar-refractivity contribution in [3.8, 4) is 0 Å². The molecule has 2 aromatic carbocycles. The molecule has 1 aliphatic rings. The van der Waals surface area contributed by atoms with Crippen molar-refractivity contribution in [3.05, 3.63) is 72.1 Å². The number of carbonyl (C=O) groups excluding carboxylic acids is 2. The van der Waals surface area contributed by atoms with Crippen molar-refractivity contribution in [1.29, 1.82) is 0 Å². The van der Waals surface area contributed by atoms with Gasteiger partial charge in [0.1, 0.15) is 0 Å². The minimum absolute atomic E-state index is 0.0633. The summed E-state index contributed by atoms with van der Waals surface area (Å²) in [5, 5.41) is 4.65. The Balaban J connectivity index is 0.00000164. The molecule has 4 aromatic rings. The molecule has 0 radical (unpaired) electrons. The van der Waals surface area contributed by atoms with Gasteiger partial charge in [-0.2, -0.15) is 0 Å². The average molecular weight is 515 g/mol. The van der Waals surface area contributed by atoms with Gasteiger partial charge in [0.25, 0.3) is 5.91 Å². The number of hydrogen-bond donors (Lipinski definition) is 1. The van der Waals surface area contributed by atoms with Gasteiger partial charge in [0.05, 0.1) is 18.3 Å². The molecule has 0 spiro atoms. The third-order valence-electron chi connectivity index (χ3n) is 6.92. The number of nitrogens with one attached hydrogen (secondary N) is 1. The van der Waals surface area contributed by atoms with E-state index in [0.717, 1.165) is 58.7 Å². The fraction of sp³-hybridized carbons (Fsp3) is 0.355. The minimum atomic E-state index is -0.280. The van der Waals surface area contributed by atoms with Crippen molar-refractivity contribution in [3.63, 3.8) is 0 Å². The number of amides is 1. The largest absolute Gasteiger partial charge is 0.375 e. The van der Waals surface area contributed by atoms with Gasteiger partial charge in [0, 0.05) is 77.6 Å². The van der Waals surface area contributed by atoms with Crippen LogP contribution in [-0.4, -0.2) is 66.6 Å². The third kappa shape index (κ3) is 5.30. The molecule has 5 rings (SSSR count). The number of carbonyl (C=O) groups is 2. The number of fused-ring (bicyclic) bond motifs is 10. The summed E-state index contributed by atoms with van der Waals surface area (Å²) in [5.74, 6) is -0.280. The van der Waals surface area contributed by atoms with Crippen molar-refractivity contribution in [1.82, 2.24) is 19.4 Å². The number of aromatic nitrogens is 2. The molecule has 7 nitrogen and oxygen atoms in total. The molecule has 3 heterocycles. The Bertz CT molecular complexity index is 1460. The number of rotatable bonds is 4. The number of ether oxygens (including phenoxy) is 1. The van der Waals surface area contributed by atoms with Gasteiger partial charge in [-0.3, -0.25) is 9.59 Å². The maximum Gasteiger partial charge on any atom is 0.252 e. The van der Waals surface area contributed by atoms with E-state index < -0.39 is 0 Å². The van der Waals surface area contributed by atoms with Crippen molar-refractivity contribution in [2.75, 3.05) is 34.3 Å². The second-order valence-corrected chi connectivity index (χ2v) is 9.54. The number of hydrogen-bond acceptors (Lipinski definition) is 4. The van der Waals surface area contributed by atoms with Crippen LogP contribution < -0.4 is 5.32 Å². The van der Waals surface area contributed by atoms with Crippen LogP contribution in [0.25, 0.3) is 33.0 Å². The van der Waals surface area contributed by atoms with Gasteiger partial charge in [-0.25, -0.2) is 0 Å². The zero-order valence-corrected chi connectivity index (χ0v) is 23.0. The lowest BCUT2D eigenvalue weighted by Crippen LogP contribution is -2.30. The lowest BCUT2D eigenvalue weighted by Gasteiger charge is -2.22. The first-order valence-corrected chi connectivity index (χ1v) is 13.4. The molecule has 200 valence electrons. The SMILES string of the molecule is CC.CNC(=O)/C1=C(\C=O)c2cn(c3ccccc23)CCOC(CN(C)C)CCn2cc1c1ccccc12. The van der Waals surface area contributed by atoms with Crippen LogP contribution in [0.2, 0.25) is 0 Å². The van der Waals surface area contributed by atoms with Crippen LogP contribution in [0.1, 0.15) is 31.4 Å². The summed E-state index contributed by atoms with van der Waals surface area (Å²) >= 11 is 0. The number of aldehydes is 1. The molecular weight excluding hydrogens is 476 g/mol. The van der Waals surface area contributed by atoms with Crippen molar-refractivity contribution < 1.29 is 14.3 Å². The first-order valence-electron chi connectivity index (χ1n) is 13.4. The number of nitrogens with zero attached hydrogens (tertiary/aromatic N) is 3. The van der Waals surface area contributed by atoms with E-state index in [1.807, 2.05) is 68.7 Å². The minimum Gasteiger partial charge on any atom is -0.375 e. The summed E-state index contributed by atoms with van der Waals surface area (Å²) in [6.07, 6.45) is 5.70. The summed E-state index contributed by atoms with van der Waals surface area (Å²) < 4.78 is 10.7. The third-order valence-corrected chi connectivity index (χ3v) is 6.92. The molecule has 1 aliphatic heterocycles. The topological polar surface area (TPSA) is 68.5 Å². The van der Waals surface area contributed by atoms with Crippen molar-refractivity contribution in [2.24, 2.45) is 0 Å². The molecule has 0 fully saturated rings. The Kier molecular flexibility index (Phi) is 8.81. The molecule has 1 atom stereocenters. The summed E-state index contributed by atoms with van der Waals surface area (Å²) in [6, 6.07) is 16.0. The van der Waals surface area contributed by atoms with Crippen LogP contribution in [0.5, 0.6) is 0 Å². The van der Waals surface area contributed by atoms with Crippen molar-refractivity contribution >= 4 is 45.1 Å². The van der Waals surface area contributed by atoms with Crippen LogP contribution in [0, 0.1) is 0 Å². The van der Waals surface area contributed by atoms with Gasteiger partial charge >= 0.3 is 0 Å². The monoisotopic (exact) mass is 514 g/mol. The number of para-hydroxylation sites is 2. The average Bonchev–Trinajstić information content (AvgIpc) is 3.49. The van der Waals surface area contributed by atoms with Gasteiger partial charge in [-0.05, 0) is 32.6 Å². The molecule has 1 unspecified atom stereocenters. The molecule has 38 heavy (non-hydrogen) atoms. The molecule has 1 amide bonds.